The van der Waals surface area contributed by atoms with Crippen molar-refractivity contribution in [3.05, 3.63) is 81.6 Å². The van der Waals surface area contributed by atoms with E-state index in [0.29, 0.717) is 0 Å². The second-order valence-electron chi connectivity index (χ2n) is 18.2. The van der Waals surface area contributed by atoms with E-state index in [1.165, 1.54) is 201 Å². The predicted molar refractivity (Wildman–Crippen MR) is 249 cm³/mol. The fourth-order valence-electron chi connectivity index (χ4n) is 10.1. The van der Waals surface area contributed by atoms with Gasteiger partial charge in [-0.05, 0) is 60.6 Å². The standard InChI is InChI=1S/C55H86O3/c1-4-7-10-13-16-19-22-25-28-31-42-56-48-38-34-36-45-51-46-37-35-39-49(57-43-32-29-26-23-20-17-14-11-8-5-2)53(46)55(52(45)48)54-47(51)40-41-50(54)58-44-33-30-27-24-21-18-15-12-9-6-3/h34-39,41,51,55H,4-33,40,42-44H2,1-3H3. The summed E-state index contributed by atoms with van der Waals surface area (Å²) in [7, 11) is 0. The number of hydrogen-bond acceptors (Lipinski definition) is 3. The molecule has 0 atom stereocenters. The molecule has 58 heavy (non-hydrogen) atoms. The second-order valence-corrected chi connectivity index (χ2v) is 18.2. The summed E-state index contributed by atoms with van der Waals surface area (Å²) in [6.45, 7) is 9.29. The van der Waals surface area contributed by atoms with Crippen molar-refractivity contribution >= 4 is 0 Å². The smallest absolute Gasteiger partial charge is 0.123 e. The maximum atomic E-state index is 6.79. The van der Waals surface area contributed by atoms with Crippen LogP contribution in [0.4, 0.5) is 0 Å². The summed E-state index contributed by atoms with van der Waals surface area (Å²) in [5, 5.41) is 0. The molecule has 3 heteroatoms. The summed E-state index contributed by atoms with van der Waals surface area (Å²) >= 11 is 0. The highest BCUT2D eigenvalue weighted by atomic mass is 16.5. The molecule has 0 heterocycles. The van der Waals surface area contributed by atoms with Crippen LogP contribution in [0.1, 0.15) is 254 Å². The van der Waals surface area contributed by atoms with Crippen LogP contribution in [0.5, 0.6) is 11.5 Å². The topological polar surface area (TPSA) is 27.7 Å². The quantitative estimate of drug-likeness (QED) is 0.0643. The molecular weight excluding hydrogens is 709 g/mol. The van der Waals surface area contributed by atoms with Crippen LogP contribution in [-0.4, -0.2) is 19.8 Å². The third kappa shape index (κ3) is 14.2. The van der Waals surface area contributed by atoms with E-state index >= 15 is 0 Å². The molecule has 2 bridgehead atoms. The van der Waals surface area contributed by atoms with Gasteiger partial charge in [0.05, 0.1) is 19.8 Å². The molecule has 0 aromatic heterocycles. The minimum atomic E-state index is 0.0966. The molecule has 0 saturated heterocycles. The first-order valence-electron chi connectivity index (χ1n) is 25.4. The number of ether oxygens (including phenoxy) is 3. The van der Waals surface area contributed by atoms with Gasteiger partial charge in [-0.15, -0.1) is 0 Å². The molecular formula is C55H86O3. The molecule has 0 amide bonds. The molecule has 0 spiro atoms. The van der Waals surface area contributed by atoms with Crippen molar-refractivity contribution in [3.8, 4) is 11.5 Å². The Labute approximate surface area is 357 Å². The van der Waals surface area contributed by atoms with Gasteiger partial charge in [0.1, 0.15) is 17.3 Å². The third-order valence-corrected chi connectivity index (χ3v) is 13.4. The van der Waals surface area contributed by atoms with Gasteiger partial charge >= 0.3 is 0 Å². The minimum absolute atomic E-state index is 0.0966. The molecule has 4 aliphatic carbocycles. The Morgan fingerprint density at radius 1 is 0.397 bits per heavy atom. The molecule has 0 unspecified atom stereocenters. The highest BCUT2D eigenvalue weighted by Gasteiger charge is 2.48. The van der Waals surface area contributed by atoms with Crippen LogP contribution in [0, 0.1) is 0 Å². The minimum Gasteiger partial charge on any atom is -0.494 e. The summed E-state index contributed by atoms with van der Waals surface area (Å²) in [5.74, 6) is 3.61. The van der Waals surface area contributed by atoms with Crippen molar-refractivity contribution in [2.24, 2.45) is 0 Å². The SMILES string of the molecule is CCCCCCCCCCCCOC1=CCC2=C1C1c3c(OCCCCCCCCCCCC)cccc3C2c2cccc(OCCCCCCCCCCCC)c21. The summed E-state index contributed by atoms with van der Waals surface area (Å²) in [6.07, 6.45) is 43.6. The van der Waals surface area contributed by atoms with Gasteiger partial charge in [0, 0.05) is 28.5 Å². The van der Waals surface area contributed by atoms with E-state index in [1.54, 1.807) is 5.57 Å². The Hall–Kier alpha value is -2.68. The lowest BCUT2D eigenvalue weighted by Crippen LogP contribution is -2.29. The van der Waals surface area contributed by atoms with E-state index in [-0.39, 0.29) is 11.8 Å². The molecule has 0 aliphatic heterocycles. The maximum Gasteiger partial charge on any atom is 0.123 e. The van der Waals surface area contributed by atoms with Gasteiger partial charge in [-0.3, -0.25) is 0 Å². The summed E-state index contributed by atoms with van der Waals surface area (Å²) < 4.78 is 20.4. The molecule has 0 radical (unpaired) electrons. The van der Waals surface area contributed by atoms with E-state index in [4.69, 9.17) is 14.2 Å². The zero-order valence-corrected chi connectivity index (χ0v) is 38.0. The van der Waals surface area contributed by atoms with E-state index in [0.717, 1.165) is 62.8 Å². The fourth-order valence-corrected chi connectivity index (χ4v) is 10.1. The fraction of sp³-hybridized carbons (Fsp3) is 0.709. The van der Waals surface area contributed by atoms with Crippen molar-refractivity contribution in [3.63, 3.8) is 0 Å². The first-order valence-corrected chi connectivity index (χ1v) is 25.4. The second kappa shape index (κ2) is 28.0. The van der Waals surface area contributed by atoms with Gasteiger partial charge in [-0.1, -0.05) is 218 Å². The number of rotatable bonds is 36. The highest BCUT2D eigenvalue weighted by molar-refractivity contribution is 5.74. The Morgan fingerprint density at radius 2 is 0.741 bits per heavy atom. The lowest BCUT2D eigenvalue weighted by Gasteiger charge is -2.43. The zero-order valence-electron chi connectivity index (χ0n) is 38.0. The van der Waals surface area contributed by atoms with E-state index < -0.39 is 0 Å². The van der Waals surface area contributed by atoms with Crippen molar-refractivity contribution in [2.45, 2.75) is 232 Å². The van der Waals surface area contributed by atoms with E-state index in [2.05, 4.69) is 63.2 Å². The molecule has 2 aromatic carbocycles. The van der Waals surface area contributed by atoms with E-state index in [1.807, 2.05) is 0 Å². The zero-order chi connectivity index (χ0) is 40.5. The van der Waals surface area contributed by atoms with Crippen molar-refractivity contribution in [1.82, 2.24) is 0 Å². The van der Waals surface area contributed by atoms with Gasteiger partial charge in [0.15, 0.2) is 0 Å². The Balaban J connectivity index is 1.20. The summed E-state index contributed by atoms with van der Waals surface area (Å²) in [6, 6.07) is 13.7. The third-order valence-electron chi connectivity index (χ3n) is 13.4. The van der Waals surface area contributed by atoms with E-state index in [9.17, 15) is 0 Å². The van der Waals surface area contributed by atoms with Crippen LogP contribution in [-0.2, 0) is 4.74 Å². The highest BCUT2D eigenvalue weighted by Crippen LogP contribution is 2.63. The van der Waals surface area contributed by atoms with Crippen molar-refractivity contribution in [2.75, 3.05) is 19.8 Å². The molecule has 324 valence electrons. The van der Waals surface area contributed by atoms with Crippen LogP contribution in [0.15, 0.2) is 59.4 Å². The molecule has 3 nitrogen and oxygen atoms in total. The van der Waals surface area contributed by atoms with Gasteiger partial charge < -0.3 is 14.2 Å². The van der Waals surface area contributed by atoms with Gasteiger partial charge in [0.25, 0.3) is 0 Å². The Kier molecular flexibility index (Phi) is 22.4. The summed E-state index contributed by atoms with van der Waals surface area (Å²) in [4.78, 5) is 0. The molecule has 0 N–H and O–H groups in total. The normalized spacial score (nSPS) is 16.4. The molecule has 0 fully saturated rings. The molecule has 2 aromatic rings. The number of unbranched alkanes of at least 4 members (excludes halogenated alkanes) is 27. The monoisotopic (exact) mass is 795 g/mol. The molecule has 6 rings (SSSR count). The van der Waals surface area contributed by atoms with Crippen LogP contribution in [0.25, 0.3) is 0 Å². The first-order chi connectivity index (χ1) is 28.8. The lowest BCUT2D eigenvalue weighted by molar-refractivity contribution is 0.210. The molecule has 0 saturated carbocycles. The predicted octanol–water partition coefficient (Wildman–Crippen LogP) is 17.4. The van der Waals surface area contributed by atoms with Gasteiger partial charge in [-0.2, -0.15) is 0 Å². The van der Waals surface area contributed by atoms with Gasteiger partial charge in [0.2, 0.25) is 0 Å². The first kappa shape index (κ1) is 46.4. The van der Waals surface area contributed by atoms with Crippen LogP contribution < -0.4 is 9.47 Å². The van der Waals surface area contributed by atoms with Crippen molar-refractivity contribution < 1.29 is 14.2 Å². The average Bonchev–Trinajstić information content (AvgIpc) is 3.68. The number of allylic oxidation sites excluding steroid dienone is 3. The van der Waals surface area contributed by atoms with Gasteiger partial charge in [-0.25, -0.2) is 0 Å². The van der Waals surface area contributed by atoms with Crippen molar-refractivity contribution in [1.29, 1.82) is 0 Å². The number of benzene rings is 2. The molecule has 4 aliphatic rings. The largest absolute Gasteiger partial charge is 0.494 e. The maximum absolute atomic E-state index is 6.79. The Bertz CT molecular complexity index is 1410. The lowest BCUT2D eigenvalue weighted by atomic mass is 9.61. The summed E-state index contributed by atoms with van der Waals surface area (Å²) in [5.41, 5.74) is 8.58. The number of hydrogen-bond donors (Lipinski definition) is 0. The van der Waals surface area contributed by atoms with Crippen LogP contribution >= 0.6 is 0 Å². The Morgan fingerprint density at radius 3 is 1.12 bits per heavy atom. The van der Waals surface area contributed by atoms with Crippen LogP contribution in [0.2, 0.25) is 0 Å². The average molecular weight is 795 g/mol. The van der Waals surface area contributed by atoms with Crippen LogP contribution in [0.3, 0.4) is 0 Å².